The normalized spacial score (nSPS) is 12.8. The summed E-state index contributed by atoms with van der Waals surface area (Å²) in [4.78, 5) is 12.0. The summed E-state index contributed by atoms with van der Waals surface area (Å²) in [6.45, 7) is 5.30. The molecule has 0 aliphatic rings. The molecule has 1 heterocycles. The van der Waals surface area contributed by atoms with Crippen LogP contribution in [-0.4, -0.2) is 30.2 Å². The van der Waals surface area contributed by atoms with Gasteiger partial charge in [0.15, 0.2) is 0 Å². The highest BCUT2D eigenvalue weighted by Crippen LogP contribution is 2.21. The lowest BCUT2D eigenvalue weighted by atomic mass is 10.0. The van der Waals surface area contributed by atoms with Gasteiger partial charge in [-0.2, -0.15) is 0 Å². The Hall–Kier alpha value is -1.85. The van der Waals surface area contributed by atoms with Crippen LogP contribution in [0, 0.1) is 5.92 Å². The number of carbonyl (C=O) groups is 1. The van der Waals surface area contributed by atoms with Gasteiger partial charge >= 0.3 is 0 Å². The molecule has 0 radical (unpaired) electrons. The molecule has 5 nitrogen and oxygen atoms in total. The highest BCUT2D eigenvalue weighted by atomic mass is 16.5. The number of amides is 1. The van der Waals surface area contributed by atoms with E-state index in [0.717, 1.165) is 23.1 Å². The van der Waals surface area contributed by atoms with Crippen LogP contribution in [0.1, 0.15) is 13.8 Å². The molecular formula is C16H23N3O2. The van der Waals surface area contributed by atoms with E-state index in [4.69, 9.17) is 10.5 Å². The molecule has 0 bridgehead atoms. The van der Waals surface area contributed by atoms with Crippen molar-refractivity contribution >= 4 is 22.5 Å². The van der Waals surface area contributed by atoms with Gasteiger partial charge in [-0.05, 0) is 29.5 Å². The van der Waals surface area contributed by atoms with Crippen LogP contribution < -0.4 is 11.1 Å². The van der Waals surface area contributed by atoms with Gasteiger partial charge in [-0.3, -0.25) is 4.79 Å². The number of methoxy groups -OCH3 is 1. The summed E-state index contributed by atoms with van der Waals surface area (Å²) >= 11 is 0. The van der Waals surface area contributed by atoms with E-state index in [-0.39, 0.29) is 11.8 Å². The zero-order valence-electron chi connectivity index (χ0n) is 12.8. The Labute approximate surface area is 125 Å². The highest BCUT2D eigenvalue weighted by Gasteiger charge is 2.17. The molecule has 0 unspecified atom stereocenters. The predicted octanol–water partition coefficient (Wildman–Crippen LogP) is 2.21. The van der Waals surface area contributed by atoms with E-state index in [1.54, 1.807) is 7.11 Å². The van der Waals surface area contributed by atoms with Crippen molar-refractivity contribution in [2.45, 2.75) is 26.4 Å². The van der Waals surface area contributed by atoms with E-state index >= 15 is 0 Å². The Bertz CT molecular complexity index is 619. The number of rotatable bonds is 6. The SMILES string of the molecule is COCCn1ccc2ccc(NC(=O)[C@@H](N)C(C)C)cc21. The number of carbonyl (C=O) groups excluding carboxylic acids is 1. The maximum atomic E-state index is 12.0. The summed E-state index contributed by atoms with van der Waals surface area (Å²) in [6, 6.07) is 7.41. The molecule has 5 heteroatoms. The molecule has 1 aromatic carbocycles. The van der Waals surface area contributed by atoms with Crippen LogP contribution in [0.3, 0.4) is 0 Å². The number of ether oxygens (including phenoxy) is 1. The molecule has 0 aliphatic heterocycles. The largest absolute Gasteiger partial charge is 0.383 e. The topological polar surface area (TPSA) is 69.3 Å². The van der Waals surface area contributed by atoms with Gasteiger partial charge < -0.3 is 20.4 Å². The van der Waals surface area contributed by atoms with Crippen molar-refractivity contribution in [3.8, 4) is 0 Å². The summed E-state index contributed by atoms with van der Waals surface area (Å²) in [5.74, 6) is -0.0429. The molecule has 2 rings (SSSR count). The first-order valence-corrected chi connectivity index (χ1v) is 7.17. The number of anilines is 1. The fourth-order valence-electron chi connectivity index (χ4n) is 2.17. The van der Waals surface area contributed by atoms with Gasteiger partial charge in [0.05, 0.1) is 18.2 Å². The van der Waals surface area contributed by atoms with E-state index in [1.807, 2.05) is 38.2 Å². The number of nitrogens with two attached hydrogens (primary N) is 1. The van der Waals surface area contributed by atoms with Gasteiger partial charge in [-0.25, -0.2) is 0 Å². The van der Waals surface area contributed by atoms with Crippen LogP contribution in [0.25, 0.3) is 10.9 Å². The highest BCUT2D eigenvalue weighted by molar-refractivity contribution is 5.96. The van der Waals surface area contributed by atoms with E-state index < -0.39 is 6.04 Å². The summed E-state index contributed by atoms with van der Waals surface area (Å²) < 4.78 is 7.22. The van der Waals surface area contributed by atoms with Crippen molar-refractivity contribution in [3.63, 3.8) is 0 Å². The molecule has 21 heavy (non-hydrogen) atoms. The molecule has 1 aromatic heterocycles. The Kier molecular flexibility index (Phi) is 4.98. The minimum absolute atomic E-state index is 0.110. The van der Waals surface area contributed by atoms with Crippen LogP contribution in [0.4, 0.5) is 5.69 Å². The van der Waals surface area contributed by atoms with E-state index in [9.17, 15) is 4.79 Å². The second-order valence-corrected chi connectivity index (χ2v) is 5.53. The molecule has 0 spiro atoms. The summed E-state index contributed by atoms with van der Waals surface area (Å²) in [7, 11) is 1.69. The van der Waals surface area contributed by atoms with Gasteiger partial charge in [0.25, 0.3) is 0 Å². The second kappa shape index (κ2) is 6.74. The molecule has 0 saturated carbocycles. The number of hydrogen-bond donors (Lipinski definition) is 2. The van der Waals surface area contributed by atoms with E-state index in [0.29, 0.717) is 6.61 Å². The lowest BCUT2D eigenvalue weighted by molar-refractivity contribution is -0.118. The fraction of sp³-hybridized carbons (Fsp3) is 0.438. The monoisotopic (exact) mass is 289 g/mol. The Morgan fingerprint density at radius 3 is 2.81 bits per heavy atom. The van der Waals surface area contributed by atoms with Crippen molar-refractivity contribution in [1.29, 1.82) is 0 Å². The third-order valence-corrected chi connectivity index (χ3v) is 3.60. The number of aromatic nitrogens is 1. The Balaban J connectivity index is 2.19. The van der Waals surface area contributed by atoms with Crippen molar-refractivity contribution in [3.05, 3.63) is 30.5 Å². The third kappa shape index (κ3) is 3.62. The molecule has 1 atom stereocenters. The summed E-state index contributed by atoms with van der Waals surface area (Å²) in [5, 5.41) is 4.02. The van der Waals surface area contributed by atoms with Crippen molar-refractivity contribution in [2.24, 2.45) is 11.7 Å². The van der Waals surface area contributed by atoms with Crippen LogP contribution in [0.2, 0.25) is 0 Å². The molecule has 1 amide bonds. The molecule has 114 valence electrons. The Morgan fingerprint density at radius 2 is 2.14 bits per heavy atom. The van der Waals surface area contributed by atoms with Crippen LogP contribution in [-0.2, 0) is 16.1 Å². The van der Waals surface area contributed by atoms with Crippen LogP contribution >= 0.6 is 0 Å². The third-order valence-electron chi connectivity index (χ3n) is 3.60. The number of hydrogen-bond acceptors (Lipinski definition) is 3. The predicted molar refractivity (Wildman–Crippen MR) is 85.3 cm³/mol. The lowest BCUT2D eigenvalue weighted by Crippen LogP contribution is -2.39. The summed E-state index contributed by atoms with van der Waals surface area (Å²) in [5.41, 5.74) is 7.70. The van der Waals surface area contributed by atoms with Gasteiger partial charge in [0, 0.05) is 25.5 Å². The van der Waals surface area contributed by atoms with Crippen LogP contribution in [0.15, 0.2) is 30.5 Å². The Morgan fingerprint density at radius 1 is 1.38 bits per heavy atom. The zero-order chi connectivity index (χ0) is 15.4. The first kappa shape index (κ1) is 15.5. The number of fused-ring (bicyclic) bond motifs is 1. The lowest BCUT2D eigenvalue weighted by Gasteiger charge is -2.15. The van der Waals surface area contributed by atoms with Crippen molar-refractivity contribution in [1.82, 2.24) is 4.57 Å². The second-order valence-electron chi connectivity index (χ2n) is 5.53. The van der Waals surface area contributed by atoms with Crippen molar-refractivity contribution in [2.75, 3.05) is 19.0 Å². The van der Waals surface area contributed by atoms with Gasteiger partial charge in [0.2, 0.25) is 5.91 Å². The number of benzene rings is 1. The molecule has 0 aliphatic carbocycles. The fourth-order valence-corrected chi connectivity index (χ4v) is 2.17. The number of nitrogens with one attached hydrogen (secondary N) is 1. The van der Waals surface area contributed by atoms with Crippen LogP contribution in [0.5, 0.6) is 0 Å². The number of nitrogens with zero attached hydrogens (tertiary/aromatic N) is 1. The average molecular weight is 289 g/mol. The maximum Gasteiger partial charge on any atom is 0.241 e. The molecule has 3 N–H and O–H groups in total. The maximum absolute atomic E-state index is 12.0. The van der Waals surface area contributed by atoms with Gasteiger partial charge in [-0.1, -0.05) is 19.9 Å². The average Bonchev–Trinajstić information content (AvgIpc) is 2.86. The first-order valence-electron chi connectivity index (χ1n) is 7.17. The minimum atomic E-state index is -0.499. The van der Waals surface area contributed by atoms with Gasteiger partial charge in [-0.15, -0.1) is 0 Å². The smallest absolute Gasteiger partial charge is 0.241 e. The van der Waals surface area contributed by atoms with E-state index in [1.165, 1.54) is 0 Å². The molecule has 0 saturated heterocycles. The molecular weight excluding hydrogens is 266 g/mol. The first-order chi connectivity index (χ1) is 10.0. The summed E-state index contributed by atoms with van der Waals surface area (Å²) in [6.07, 6.45) is 2.02. The van der Waals surface area contributed by atoms with E-state index in [2.05, 4.69) is 16.0 Å². The minimum Gasteiger partial charge on any atom is -0.383 e. The molecule has 0 fully saturated rings. The quantitative estimate of drug-likeness (QED) is 0.856. The van der Waals surface area contributed by atoms with Crippen molar-refractivity contribution < 1.29 is 9.53 Å². The standard InChI is InChI=1S/C16H23N3O2/c1-11(2)15(17)16(20)18-13-5-4-12-6-7-19(8-9-21-3)14(12)10-13/h4-7,10-11,15H,8-9,17H2,1-3H3,(H,18,20)/t15-/m0/s1. The van der Waals surface area contributed by atoms with Gasteiger partial charge in [0.1, 0.15) is 0 Å². The zero-order valence-corrected chi connectivity index (χ0v) is 12.8. The molecule has 2 aromatic rings.